The summed E-state index contributed by atoms with van der Waals surface area (Å²) in [5, 5.41) is 5.00. The lowest BCUT2D eigenvalue weighted by Gasteiger charge is -2.28. The van der Waals surface area contributed by atoms with Crippen molar-refractivity contribution < 1.29 is 27.9 Å². The van der Waals surface area contributed by atoms with Crippen molar-refractivity contribution in [3.63, 3.8) is 0 Å². The predicted octanol–water partition coefficient (Wildman–Crippen LogP) is -0.235. The van der Waals surface area contributed by atoms with Gasteiger partial charge in [-0.25, -0.2) is 4.57 Å². The third kappa shape index (κ3) is 4.08. The van der Waals surface area contributed by atoms with Crippen molar-refractivity contribution in [2.45, 2.75) is 60.0 Å². The first kappa shape index (κ1) is 24.8. The van der Waals surface area contributed by atoms with Crippen LogP contribution in [0.2, 0.25) is 0 Å². The van der Waals surface area contributed by atoms with Gasteiger partial charge in [0.15, 0.2) is 0 Å². The first-order chi connectivity index (χ1) is 12.3. The van der Waals surface area contributed by atoms with Gasteiger partial charge in [-0.3, -0.25) is 0 Å². The summed E-state index contributed by atoms with van der Waals surface area (Å²) in [4.78, 5) is 0. The van der Waals surface area contributed by atoms with E-state index in [1.165, 1.54) is 38.9 Å². The van der Waals surface area contributed by atoms with E-state index in [0.717, 1.165) is 18.8 Å². The van der Waals surface area contributed by atoms with Crippen LogP contribution in [0.25, 0.3) is 11.4 Å². The van der Waals surface area contributed by atoms with E-state index in [1.54, 1.807) is 0 Å². The maximum Gasteiger partial charge on any atom is 0.309 e. The number of nitrogens with zero attached hydrogens (tertiary/aromatic N) is 3. The lowest BCUT2D eigenvalue weighted by molar-refractivity contribution is -0.750. The summed E-state index contributed by atoms with van der Waals surface area (Å²) in [6.07, 6.45) is 3.23. The largest absolute Gasteiger partial charge is 1.00 e. The van der Waals surface area contributed by atoms with Crippen LogP contribution >= 0.6 is 0 Å². The molecule has 29 heavy (non-hydrogen) atoms. The Hall–Kier alpha value is -2.21. The molecule has 0 unspecified atom stereocenters. The number of benzene rings is 2. The highest BCUT2D eigenvalue weighted by atomic mass is 35.5. The molecule has 0 saturated heterocycles. The fourth-order valence-electron chi connectivity index (χ4n) is 4.23. The minimum absolute atomic E-state index is 0. The van der Waals surface area contributed by atoms with Crippen LogP contribution in [0.3, 0.4) is 0 Å². The second kappa shape index (κ2) is 8.66. The van der Waals surface area contributed by atoms with E-state index in [4.69, 9.17) is 5.10 Å². The Labute approximate surface area is 179 Å². The number of aromatic nitrogens is 3. The second-order valence-electron chi connectivity index (χ2n) is 8.39. The second-order valence-corrected chi connectivity index (χ2v) is 8.39. The standard InChI is InChI=1S/C23H28N3.ClH.2H2O/c1-15-11-16(2)18(4)21(17(15)3)13-25-14-26-22(24-25)20-10-8-7-9-19(20)12-23(26,5)6;;;/h7-11,14H,12-13H2,1-6H3;1H;2*1H2/q+1;;;/p-1. The van der Waals surface area contributed by atoms with E-state index >= 15 is 0 Å². The molecule has 0 aliphatic carbocycles. The van der Waals surface area contributed by atoms with Crippen molar-refractivity contribution in [1.29, 1.82) is 0 Å². The SMILES string of the molecule is Cc1cc(C)c(C)c(Cn2c[n+]3c(n2)-c2ccccc2CC3(C)C)c1C.O.O.[Cl-]. The number of halogens is 1. The first-order valence-electron chi connectivity index (χ1n) is 9.42. The molecule has 2 heterocycles. The molecule has 0 amide bonds. The van der Waals surface area contributed by atoms with Crippen molar-refractivity contribution in [1.82, 2.24) is 9.78 Å². The molecule has 2 aromatic carbocycles. The quantitative estimate of drug-likeness (QED) is 0.530. The Bertz CT molecular complexity index is 999. The molecular formula is C23H32ClN3O2. The molecule has 1 aliphatic heterocycles. The van der Waals surface area contributed by atoms with Crippen LogP contribution in [0.1, 0.15) is 47.2 Å². The molecule has 0 spiro atoms. The smallest absolute Gasteiger partial charge is 0.309 e. The van der Waals surface area contributed by atoms with E-state index in [9.17, 15) is 0 Å². The molecule has 1 aliphatic rings. The Morgan fingerprint density at radius 2 is 1.59 bits per heavy atom. The molecule has 3 aromatic rings. The van der Waals surface area contributed by atoms with E-state index in [2.05, 4.69) is 87.5 Å². The van der Waals surface area contributed by atoms with Gasteiger partial charge in [-0.05, 0) is 81.0 Å². The summed E-state index contributed by atoms with van der Waals surface area (Å²) in [5.74, 6) is 1.08. The normalized spacial score (nSPS) is 13.3. The Balaban J connectivity index is 0.00000140. The molecule has 0 radical (unpaired) electrons. The van der Waals surface area contributed by atoms with Crippen molar-refractivity contribution in [3.8, 4) is 11.4 Å². The Kier molecular flexibility index (Phi) is 7.41. The van der Waals surface area contributed by atoms with Gasteiger partial charge in [-0.15, -0.1) is 4.68 Å². The van der Waals surface area contributed by atoms with Crippen molar-refractivity contribution in [2.75, 3.05) is 0 Å². The summed E-state index contributed by atoms with van der Waals surface area (Å²) < 4.78 is 4.47. The number of hydrogen-bond acceptors (Lipinski definition) is 1. The first-order valence-corrected chi connectivity index (χ1v) is 9.42. The minimum atomic E-state index is 0. The van der Waals surface area contributed by atoms with E-state index < -0.39 is 0 Å². The number of rotatable bonds is 2. The molecule has 4 rings (SSSR count). The molecule has 158 valence electrons. The molecule has 0 saturated carbocycles. The lowest BCUT2D eigenvalue weighted by Crippen LogP contribution is -3.00. The average Bonchev–Trinajstić information content (AvgIpc) is 3.02. The maximum absolute atomic E-state index is 5.00. The molecular weight excluding hydrogens is 386 g/mol. The number of fused-ring (bicyclic) bond motifs is 3. The van der Waals surface area contributed by atoms with Crippen molar-refractivity contribution >= 4 is 0 Å². The highest BCUT2D eigenvalue weighted by Crippen LogP contribution is 2.31. The summed E-state index contributed by atoms with van der Waals surface area (Å²) in [5.41, 5.74) is 9.57. The zero-order chi connectivity index (χ0) is 18.6. The molecule has 0 bridgehead atoms. The Morgan fingerprint density at radius 3 is 2.21 bits per heavy atom. The highest BCUT2D eigenvalue weighted by Gasteiger charge is 2.37. The summed E-state index contributed by atoms with van der Waals surface area (Å²) in [6.45, 7) is 14.3. The molecule has 1 aromatic heterocycles. The van der Waals surface area contributed by atoms with Crippen molar-refractivity contribution in [3.05, 3.63) is 70.0 Å². The van der Waals surface area contributed by atoms with Crippen LogP contribution in [-0.4, -0.2) is 20.7 Å². The van der Waals surface area contributed by atoms with Gasteiger partial charge in [-0.1, -0.05) is 24.3 Å². The zero-order valence-electron chi connectivity index (χ0n) is 18.1. The van der Waals surface area contributed by atoms with Crippen LogP contribution in [0.15, 0.2) is 36.7 Å². The molecule has 6 heteroatoms. The molecule has 0 atom stereocenters. The van der Waals surface area contributed by atoms with Crippen LogP contribution in [0, 0.1) is 27.7 Å². The van der Waals surface area contributed by atoms with Crippen LogP contribution < -0.4 is 17.0 Å². The maximum atomic E-state index is 5.00. The van der Waals surface area contributed by atoms with Gasteiger partial charge in [0, 0.05) is 11.5 Å². The van der Waals surface area contributed by atoms with Gasteiger partial charge < -0.3 is 23.4 Å². The fourth-order valence-corrected chi connectivity index (χ4v) is 4.23. The molecule has 0 fully saturated rings. The van der Waals surface area contributed by atoms with Crippen molar-refractivity contribution in [2.24, 2.45) is 0 Å². The van der Waals surface area contributed by atoms with Gasteiger partial charge >= 0.3 is 5.82 Å². The van der Waals surface area contributed by atoms with Gasteiger partial charge in [0.1, 0.15) is 6.54 Å². The fraction of sp³-hybridized carbons (Fsp3) is 0.391. The van der Waals surface area contributed by atoms with Crippen LogP contribution in [-0.2, 0) is 18.5 Å². The van der Waals surface area contributed by atoms with Gasteiger partial charge in [0.2, 0.25) is 6.33 Å². The summed E-state index contributed by atoms with van der Waals surface area (Å²) in [6, 6.07) is 11.0. The highest BCUT2D eigenvalue weighted by molar-refractivity contribution is 5.59. The average molecular weight is 418 g/mol. The third-order valence-corrected chi connectivity index (χ3v) is 6.08. The van der Waals surface area contributed by atoms with Gasteiger partial charge in [0.25, 0.3) is 0 Å². The predicted molar refractivity (Wildman–Crippen MR) is 113 cm³/mol. The van der Waals surface area contributed by atoms with Crippen LogP contribution in [0.5, 0.6) is 0 Å². The number of aryl methyl sites for hydroxylation is 2. The number of hydrogen-bond donors (Lipinski definition) is 0. The molecule has 5 nitrogen and oxygen atoms in total. The van der Waals surface area contributed by atoms with E-state index in [-0.39, 0.29) is 28.9 Å². The zero-order valence-corrected chi connectivity index (χ0v) is 18.9. The summed E-state index contributed by atoms with van der Waals surface area (Å²) >= 11 is 0. The van der Waals surface area contributed by atoms with E-state index in [0.29, 0.717) is 0 Å². The molecule has 4 N–H and O–H groups in total. The monoisotopic (exact) mass is 417 g/mol. The van der Waals surface area contributed by atoms with Gasteiger partial charge in [-0.2, -0.15) is 0 Å². The topological polar surface area (TPSA) is 84.7 Å². The Morgan fingerprint density at radius 1 is 1.00 bits per heavy atom. The van der Waals surface area contributed by atoms with Crippen LogP contribution in [0.4, 0.5) is 0 Å². The summed E-state index contributed by atoms with van der Waals surface area (Å²) in [7, 11) is 0. The lowest BCUT2D eigenvalue weighted by atomic mass is 9.87. The minimum Gasteiger partial charge on any atom is -1.00 e. The third-order valence-electron chi connectivity index (χ3n) is 6.08. The van der Waals surface area contributed by atoms with E-state index in [1.807, 2.05) is 0 Å². The van der Waals surface area contributed by atoms with Gasteiger partial charge in [0.05, 0.1) is 11.1 Å².